The Bertz CT molecular complexity index is 779. The molecule has 3 aliphatic rings. The standard InChI is InChI=1S/C22H27N3O3/c26-20-15-25(12-10-23-20)22(28)19-7-5-16(6-8-19)13-17-9-11-24(14-17)21(27)18-3-1-2-4-18/h1-2,5-8,17-18H,3-4,9-15H2,(H,23,26). The lowest BCUT2D eigenvalue weighted by Crippen LogP contribution is -2.49. The van der Waals surface area contributed by atoms with E-state index in [1.807, 2.05) is 29.2 Å². The second-order valence-electron chi connectivity index (χ2n) is 8.06. The van der Waals surface area contributed by atoms with Crippen molar-refractivity contribution in [2.24, 2.45) is 11.8 Å². The number of likely N-dealkylation sites (tertiary alicyclic amines) is 1. The number of nitrogens with zero attached hydrogens (tertiary/aromatic N) is 2. The van der Waals surface area contributed by atoms with Crippen LogP contribution in [0.3, 0.4) is 0 Å². The Kier molecular flexibility index (Phi) is 5.46. The first-order valence-electron chi connectivity index (χ1n) is 10.2. The largest absolute Gasteiger partial charge is 0.353 e. The highest BCUT2D eigenvalue weighted by molar-refractivity contribution is 5.97. The summed E-state index contributed by atoms with van der Waals surface area (Å²) >= 11 is 0. The Balaban J connectivity index is 1.30. The van der Waals surface area contributed by atoms with Gasteiger partial charge in [0.1, 0.15) is 0 Å². The van der Waals surface area contributed by atoms with Gasteiger partial charge in [-0.2, -0.15) is 0 Å². The van der Waals surface area contributed by atoms with E-state index in [0.717, 1.165) is 38.8 Å². The van der Waals surface area contributed by atoms with E-state index in [1.54, 1.807) is 4.90 Å². The topological polar surface area (TPSA) is 69.7 Å². The zero-order chi connectivity index (χ0) is 19.5. The van der Waals surface area contributed by atoms with Crippen LogP contribution in [-0.2, 0) is 16.0 Å². The second kappa shape index (κ2) is 8.17. The third kappa shape index (κ3) is 4.11. The van der Waals surface area contributed by atoms with Gasteiger partial charge in [0.15, 0.2) is 0 Å². The molecule has 1 unspecified atom stereocenters. The summed E-state index contributed by atoms with van der Waals surface area (Å²) in [6.45, 7) is 2.88. The molecule has 2 saturated heterocycles. The molecule has 1 aliphatic carbocycles. The number of allylic oxidation sites excluding steroid dienone is 2. The van der Waals surface area contributed by atoms with Gasteiger partial charge >= 0.3 is 0 Å². The van der Waals surface area contributed by atoms with Crippen LogP contribution in [0.5, 0.6) is 0 Å². The molecule has 2 heterocycles. The summed E-state index contributed by atoms with van der Waals surface area (Å²) in [5.74, 6) is 0.736. The molecular formula is C22H27N3O3. The lowest BCUT2D eigenvalue weighted by Gasteiger charge is -2.26. The van der Waals surface area contributed by atoms with E-state index in [9.17, 15) is 14.4 Å². The minimum absolute atomic E-state index is 0.0933. The van der Waals surface area contributed by atoms with Gasteiger partial charge in [0.05, 0.1) is 6.54 Å². The Morgan fingerprint density at radius 1 is 1.04 bits per heavy atom. The number of carbonyl (C=O) groups is 3. The predicted molar refractivity (Wildman–Crippen MR) is 106 cm³/mol. The summed E-state index contributed by atoms with van der Waals surface area (Å²) in [6, 6.07) is 7.71. The molecule has 4 rings (SSSR count). The van der Waals surface area contributed by atoms with Gasteiger partial charge in [-0.15, -0.1) is 0 Å². The normalized spacial score (nSPS) is 22.6. The fourth-order valence-corrected chi connectivity index (χ4v) is 4.39. The summed E-state index contributed by atoms with van der Waals surface area (Å²) in [5.41, 5.74) is 1.81. The molecule has 0 aromatic heterocycles. The van der Waals surface area contributed by atoms with Crippen molar-refractivity contribution in [3.63, 3.8) is 0 Å². The molecule has 1 N–H and O–H groups in total. The molecule has 2 fully saturated rings. The van der Waals surface area contributed by atoms with Crippen LogP contribution in [0.2, 0.25) is 0 Å². The van der Waals surface area contributed by atoms with Crippen LogP contribution >= 0.6 is 0 Å². The average Bonchev–Trinajstić information content (AvgIpc) is 3.40. The Hall–Kier alpha value is -2.63. The average molecular weight is 381 g/mol. The molecule has 3 amide bonds. The van der Waals surface area contributed by atoms with E-state index in [4.69, 9.17) is 0 Å². The molecule has 148 valence electrons. The van der Waals surface area contributed by atoms with Crippen molar-refractivity contribution >= 4 is 17.7 Å². The van der Waals surface area contributed by atoms with E-state index < -0.39 is 0 Å². The number of hydrogen-bond donors (Lipinski definition) is 1. The minimum atomic E-state index is -0.107. The lowest BCUT2D eigenvalue weighted by molar-refractivity contribution is -0.134. The van der Waals surface area contributed by atoms with Crippen molar-refractivity contribution in [1.29, 1.82) is 0 Å². The maximum absolute atomic E-state index is 12.6. The zero-order valence-corrected chi connectivity index (χ0v) is 16.1. The number of rotatable bonds is 4. The third-order valence-electron chi connectivity index (χ3n) is 6.01. The quantitative estimate of drug-likeness (QED) is 0.806. The smallest absolute Gasteiger partial charge is 0.254 e. The van der Waals surface area contributed by atoms with E-state index in [-0.39, 0.29) is 24.3 Å². The highest BCUT2D eigenvalue weighted by atomic mass is 16.2. The number of carbonyl (C=O) groups excluding carboxylic acids is 3. The van der Waals surface area contributed by atoms with Crippen LogP contribution in [0.4, 0.5) is 0 Å². The van der Waals surface area contributed by atoms with Gasteiger partial charge in [-0.05, 0) is 49.3 Å². The fourth-order valence-electron chi connectivity index (χ4n) is 4.39. The molecular weight excluding hydrogens is 354 g/mol. The van der Waals surface area contributed by atoms with Crippen LogP contribution in [-0.4, -0.2) is 60.2 Å². The van der Waals surface area contributed by atoms with Crippen LogP contribution in [0.15, 0.2) is 36.4 Å². The van der Waals surface area contributed by atoms with Crippen molar-refractivity contribution in [1.82, 2.24) is 15.1 Å². The van der Waals surface area contributed by atoms with Crippen molar-refractivity contribution in [2.75, 3.05) is 32.7 Å². The maximum atomic E-state index is 12.6. The minimum Gasteiger partial charge on any atom is -0.353 e. The highest BCUT2D eigenvalue weighted by Gasteiger charge is 2.31. The third-order valence-corrected chi connectivity index (χ3v) is 6.01. The molecule has 6 heteroatoms. The molecule has 0 bridgehead atoms. The molecule has 2 aliphatic heterocycles. The van der Waals surface area contributed by atoms with E-state index >= 15 is 0 Å². The number of amides is 3. The van der Waals surface area contributed by atoms with E-state index in [0.29, 0.717) is 30.5 Å². The summed E-state index contributed by atoms with van der Waals surface area (Å²) in [7, 11) is 0. The summed E-state index contributed by atoms with van der Waals surface area (Å²) < 4.78 is 0. The van der Waals surface area contributed by atoms with Crippen molar-refractivity contribution in [2.45, 2.75) is 25.7 Å². The molecule has 1 aromatic carbocycles. The van der Waals surface area contributed by atoms with Crippen LogP contribution in [0.1, 0.15) is 35.2 Å². The van der Waals surface area contributed by atoms with Crippen LogP contribution in [0.25, 0.3) is 0 Å². The first kappa shape index (κ1) is 18.7. The highest BCUT2D eigenvalue weighted by Crippen LogP contribution is 2.26. The van der Waals surface area contributed by atoms with Crippen molar-refractivity contribution in [3.05, 3.63) is 47.5 Å². The summed E-state index contributed by atoms with van der Waals surface area (Å²) in [5, 5.41) is 2.73. The molecule has 1 aromatic rings. The lowest BCUT2D eigenvalue weighted by atomic mass is 9.97. The molecule has 28 heavy (non-hydrogen) atoms. The number of piperazine rings is 1. The first-order chi connectivity index (χ1) is 13.6. The summed E-state index contributed by atoms with van der Waals surface area (Å²) in [4.78, 5) is 40.2. The molecule has 0 saturated carbocycles. The summed E-state index contributed by atoms with van der Waals surface area (Å²) in [6.07, 6.45) is 7.94. The molecule has 1 atom stereocenters. The van der Waals surface area contributed by atoms with Gasteiger partial charge in [0, 0.05) is 37.7 Å². The monoisotopic (exact) mass is 381 g/mol. The Morgan fingerprint density at radius 3 is 2.50 bits per heavy atom. The van der Waals surface area contributed by atoms with E-state index in [2.05, 4.69) is 17.5 Å². The van der Waals surface area contributed by atoms with Gasteiger partial charge in [-0.1, -0.05) is 24.3 Å². The number of nitrogens with one attached hydrogen (secondary N) is 1. The number of benzene rings is 1. The second-order valence-corrected chi connectivity index (χ2v) is 8.06. The fraction of sp³-hybridized carbons (Fsp3) is 0.500. The zero-order valence-electron chi connectivity index (χ0n) is 16.1. The van der Waals surface area contributed by atoms with Crippen molar-refractivity contribution in [3.8, 4) is 0 Å². The van der Waals surface area contributed by atoms with Gasteiger partial charge < -0.3 is 15.1 Å². The predicted octanol–water partition coefficient (Wildman–Crippen LogP) is 1.62. The SMILES string of the molecule is O=C1CN(C(=O)c2ccc(CC3CCN(C(=O)C4CC=CC4)C3)cc2)CCN1. The Morgan fingerprint density at radius 2 is 1.79 bits per heavy atom. The molecule has 0 spiro atoms. The first-order valence-corrected chi connectivity index (χ1v) is 10.2. The van der Waals surface area contributed by atoms with E-state index in [1.165, 1.54) is 5.56 Å². The maximum Gasteiger partial charge on any atom is 0.254 e. The van der Waals surface area contributed by atoms with Gasteiger partial charge in [0.25, 0.3) is 5.91 Å². The van der Waals surface area contributed by atoms with Gasteiger partial charge in [-0.25, -0.2) is 0 Å². The molecule has 0 radical (unpaired) electrons. The number of hydrogen-bond acceptors (Lipinski definition) is 3. The van der Waals surface area contributed by atoms with Crippen LogP contribution < -0.4 is 5.32 Å². The van der Waals surface area contributed by atoms with Crippen LogP contribution in [0, 0.1) is 11.8 Å². The molecule has 6 nitrogen and oxygen atoms in total. The Labute approximate surface area is 165 Å². The van der Waals surface area contributed by atoms with Gasteiger partial charge in [-0.3, -0.25) is 14.4 Å². The van der Waals surface area contributed by atoms with Crippen molar-refractivity contribution < 1.29 is 14.4 Å². The van der Waals surface area contributed by atoms with Gasteiger partial charge in [0.2, 0.25) is 11.8 Å².